The van der Waals surface area contributed by atoms with Crippen molar-refractivity contribution in [2.75, 3.05) is 0 Å². The topological polar surface area (TPSA) is 61.0 Å². The molecule has 0 unspecified atom stereocenters. The van der Waals surface area contributed by atoms with E-state index in [1.807, 2.05) is 49.4 Å². The lowest BCUT2D eigenvalue weighted by molar-refractivity contribution is 0.453. The van der Waals surface area contributed by atoms with Crippen LogP contribution in [0.15, 0.2) is 89.3 Å². The van der Waals surface area contributed by atoms with Gasteiger partial charge in [-0.05, 0) is 94.3 Å². The smallest absolute Gasteiger partial charge is 0.227 e. The third-order valence-electron chi connectivity index (χ3n) is 6.94. The van der Waals surface area contributed by atoms with Gasteiger partial charge in [-0.2, -0.15) is 0 Å². The minimum atomic E-state index is -0.470. The van der Waals surface area contributed by atoms with Crippen LogP contribution in [0.1, 0.15) is 42.1 Å². The van der Waals surface area contributed by atoms with Gasteiger partial charge in [0.25, 0.3) is 0 Å². The van der Waals surface area contributed by atoms with E-state index in [0.717, 1.165) is 61.6 Å². The molecule has 4 heterocycles. The first kappa shape index (κ1) is 23.9. The third kappa shape index (κ3) is 4.30. The normalized spacial score (nSPS) is 11.8. The molecule has 0 bridgehead atoms. The molecule has 0 atom stereocenters. The zero-order valence-electron chi connectivity index (χ0n) is 22.2. The summed E-state index contributed by atoms with van der Waals surface area (Å²) in [6.45, 7) is 10.4. The van der Waals surface area contributed by atoms with Gasteiger partial charge in [0.15, 0.2) is 0 Å². The molecule has 0 fully saturated rings. The molecule has 0 amide bonds. The van der Waals surface area contributed by atoms with Crippen LogP contribution in [0.2, 0.25) is 0 Å². The van der Waals surface area contributed by atoms with E-state index in [1.165, 1.54) is 0 Å². The van der Waals surface area contributed by atoms with Crippen LogP contribution in [0.5, 0.6) is 11.6 Å². The highest BCUT2D eigenvalue weighted by atomic mass is 16.5. The van der Waals surface area contributed by atoms with E-state index < -0.39 is 5.41 Å². The standard InChI is InChI=1S/C33H29N3O2/c1-20-16-27(26-13-9-12-24-25-15-14-22(3)34-32(25)38-31(24)26)35-28(17-20)33(4,5)29-18-21(2)19-30(36-29)37-23-10-7-6-8-11-23/h6-19H,1-5H3. The van der Waals surface area contributed by atoms with Gasteiger partial charge >= 0.3 is 0 Å². The Bertz CT molecular complexity index is 1800. The first-order valence-electron chi connectivity index (χ1n) is 12.8. The maximum absolute atomic E-state index is 6.28. The summed E-state index contributed by atoms with van der Waals surface area (Å²) in [5.41, 5.74) is 7.74. The van der Waals surface area contributed by atoms with Crippen LogP contribution >= 0.6 is 0 Å². The monoisotopic (exact) mass is 499 g/mol. The van der Waals surface area contributed by atoms with Crippen molar-refractivity contribution in [3.63, 3.8) is 0 Å². The second-order valence-electron chi connectivity index (χ2n) is 10.4. The zero-order chi connectivity index (χ0) is 26.4. The number of hydrogen-bond donors (Lipinski definition) is 0. The molecule has 0 saturated heterocycles. The lowest BCUT2D eigenvalue weighted by atomic mass is 9.83. The Hall–Kier alpha value is -4.51. The molecule has 38 heavy (non-hydrogen) atoms. The summed E-state index contributed by atoms with van der Waals surface area (Å²) in [4.78, 5) is 14.7. The summed E-state index contributed by atoms with van der Waals surface area (Å²) in [6.07, 6.45) is 0. The maximum Gasteiger partial charge on any atom is 0.227 e. The Morgan fingerprint density at radius 1 is 0.684 bits per heavy atom. The molecule has 2 aromatic carbocycles. The van der Waals surface area contributed by atoms with Crippen molar-refractivity contribution >= 4 is 22.1 Å². The van der Waals surface area contributed by atoms with Gasteiger partial charge < -0.3 is 9.15 Å². The quantitative estimate of drug-likeness (QED) is 0.238. The summed E-state index contributed by atoms with van der Waals surface area (Å²) < 4.78 is 12.4. The molecule has 4 aromatic heterocycles. The number of para-hydroxylation sites is 2. The van der Waals surface area contributed by atoms with Crippen LogP contribution in [0, 0.1) is 20.8 Å². The number of furan rings is 1. The van der Waals surface area contributed by atoms with Crippen LogP contribution in [0.25, 0.3) is 33.3 Å². The Kier molecular flexibility index (Phi) is 5.72. The highest BCUT2D eigenvalue weighted by molar-refractivity contribution is 6.08. The predicted octanol–water partition coefficient (Wildman–Crippen LogP) is 8.48. The maximum atomic E-state index is 6.28. The number of ether oxygens (including phenoxy) is 1. The molecule has 0 radical (unpaired) electrons. The number of benzene rings is 2. The molecule has 0 N–H and O–H groups in total. The van der Waals surface area contributed by atoms with Gasteiger partial charge in [-0.15, -0.1) is 0 Å². The first-order chi connectivity index (χ1) is 18.3. The van der Waals surface area contributed by atoms with Crippen LogP contribution < -0.4 is 4.74 Å². The van der Waals surface area contributed by atoms with Crippen molar-refractivity contribution in [2.45, 2.75) is 40.0 Å². The molecule has 0 saturated carbocycles. The predicted molar refractivity (Wildman–Crippen MR) is 152 cm³/mol. The summed E-state index contributed by atoms with van der Waals surface area (Å²) in [5.74, 6) is 1.33. The van der Waals surface area contributed by atoms with Gasteiger partial charge in [-0.25, -0.2) is 9.97 Å². The molecule has 6 aromatic rings. The van der Waals surface area contributed by atoms with Crippen molar-refractivity contribution in [1.82, 2.24) is 15.0 Å². The largest absolute Gasteiger partial charge is 0.439 e. The van der Waals surface area contributed by atoms with Crippen molar-refractivity contribution in [3.05, 3.63) is 113 Å². The fraction of sp³-hybridized carbons (Fsp3) is 0.182. The molecular weight excluding hydrogens is 470 g/mol. The van der Waals surface area contributed by atoms with Crippen LogP contribution in [0.4, 0.5) is 0 Å². The zero-order valence-corrected chi connectivity index (χ0v) is 22.2. The highest BCUT2D eigenvalue weighted by Gasteiger charge is 2.29. The van der Waals surface area contributed by atoms with Gasteiger partial charge in [0.2, 0.25) is 11.6 Å². The average molecular weight is 500 g/mol. The van der Waals surface area contributed by atoms with Crippen LogP contribution in [-0.4, -0.2) is 15.0 Å². The molecule has 6 rings (SSSR count). The second kappa shape index (κ2) is 9.10. The molecule has 5 heteroatoms. The lowest BCUT2D eigenvalue weighted by Gasteiger charge is -2.25. The molecule has 0 aliphatic heterocycles. The van der Waals surface area contributed by atoms with Crippen LogP contribution in [0.3, 0.4) is 0 Å². The van der Waals surface area contributed by atoms with Crippen molar-refractivity contribution in [1.29, 1.82) is 0 Å². The third-order valence-corrected chi connectivity index (χ3v) is 6.94. The van der Waals surface area contributed by atoms with Crippen LogP contribution in [-0.2, 0) is 5.41 Å². The Balaban J connectivity index is 1.45. The number of fused-ring (bicyclic) bond motifs is 3. The number of aromatic nitrogens is 3. The van der Waals surface area contributed by atoms with E-state index in [9.17, 15) is 0 Å². The summed E-state index contributed by atoms with van der Waals surface area (Å²) in [6, 6.07) is 28.3. The number of nitrogens with zero attached hydrogens (tertiary/aromatic N) is 3. The number of pyridine rings is 3. The minimum Gasteiger partial charge on any atom is -0.439 e. The minimum absolute atomic E-state index is 0.470. The number of rotatable bonds is 5. The summed E-state index contributed by atoms with van der Waals surface area (Å²) >= 11 is 0. The van der Waals surface area contributed by atoms with E-state index in [0.29, 0.717) is 11.6 Å². The van der Waals surface area contributed by atoms with E-state index in [2.05, 4.69) is 75.1 Å². The Labute approximate surface area is 222 Å². The van der Waals surface area contributed by atoms with Gasteiger partial charge in [-0.3, -0.25) is 4.98 Å². The fourth-order valence-corrected chi connectivity index (χ4v) is 4.85. The Morgan fingerprint density at radius 2 is 1.42 bits per heavy atom. The van der Waals surface area contributed by atoms with E-state index >= 15 is 0 Å². The molecular formula is C33H29N3O2. The van der Waals surface area contributed by atoms with Gasteiger partial charge in [0, 0.05) is 33.5 Å². The fourth-order valence-electron chi connectivity index (χ4n) is 4.85. The van der Waals surface area contributed by atoms with E-state index in [4.69, 9.17) is 19.1 Å². The molecule has 0 spiro atoms. The summed E-state index contributed by atoms with van der Waals surface area (Å²) in [7, 11) is 0. The van der Waals surface area contributed by atoms with E-state index in [1.54, 1.807) is 0 Å². The molecule has 5 nitrogen and oxygen atoms in total. The highest BCUT2D eigenvalue weighted by Crippen LogP contribution is 2.37. The second-order valence-corrected chi connectivity index (χ2v) is 10.4. The average Bonchev–Trinajstić information content (AvgIpc) is 3.26. The van der Waals surface area contributed by atoms with Crippen molar-refractivity contribution in [3.8, 4) is 22.9 Å². The SMILES string of the molecule is Cc1cc(Oc2ccccc2)nc(C(C)(C)c2cc(C)cc(-c3cccc4c3oc3nc(C)ccc34)n2)c1. The summed E-state index contributed by atoms with van der Waals surface area (Å²) in [5, 5.41) is 2.05. The number of aryl methyl sites for hydroxylation is 3. The van der Waals surface area contributed by atoms with Gasteiger partial charge in [0.05, 0.1) is 17.1 Å². The first-order valence-corrected chi connectivity index (χ1v) is 12.8. The molecule has 0 aliphatic carbocycles. The van der Waals surface area contributed by atoms with Gasteiger partial charge in [0.1, 0.15) is 11.3 Å². The lowest BCUT2D eigenvalue weighted by Crippen LogP contribution is -2.23. The van der Waals surface area contributed by atoms with E-state index in [-0.39, 0.29) is 0 Å². The Morgan fingerprint density at radius 3 is 2.21 bits per heavy atom. The molecule has 0 aliphatic rings. The van der Waals surface area contributed by atoms with Gasteiger partial charge in [-0.1, -0.05) is 30.3 Å². The molecule has 188 valence electrons. The van der Waals surface area contributed by atoms with Crippen molar-refractivity contribution in [2.24, 2.45) is 0 Å². The number of hydrogen-bond acceptors (Lipinski definition) is 5. The van der Waals surface area contributed by atoms with Crippen molar-refractivity contribution < 1.29 is 9.15 Å².